The predicted molar refractivity (Wildman–Crippen MR) is 113 cm³/mol. The maximum atomic E-state index is 12.8. The van der Waals surface area contributed by atoms with Gasteiger partial charge < -0.3 is 0 Å². The van der Waals surface area contributed by atoms with Crippen molar-refractivity contribution in [2.75, 3.05) is 0 Å². The molecule has 0 aliphatic heterocycles. The lowest BCUT2D eigenvalue weighted by Gasteiger charge is -2.01. The summed E-state index contributed by atoms with van der Waals surface area (Å²) in [5.74, 6) is -0.306. The number of carbonyl (C=O) groups is 1. The summed E-state index contributed by atoms with van der Waals surface area (Å²) < 4.78 is 1.76. The van der Waals surface area contributed by atoms with Crippen LogP contribution in [0.2, 0.25) is 0 Å². The molecule has 4 nitrogen and oxygen atoms in total. The molecule has 3 aromatic carbocycles. The number of aromatic nitrogens is 2. The number of carbonyl (C=O) groups excluding carboxylic acids is 1. The fraction of sp³-hybridized carbons (Fsp3) is 0. The fourth-order valence-corrected chi connectivity index (χ4v) is 3.08. The molecule has 0 fully saturated rings. The molecule has 0 atom stereocenters. The zero-order valence-electron chi connectivity index (χ0n) is 15.6. The SMILES string of the molecule is N#C/C(=C/c1cn(-c2ccccc2)nc1-c1ccccc1)C(=O)c1ccccc1. The first kappa shape index (κ1) is 18.1. The smallest absolute Gasteiger partial charge is 0.203 e. The molecule has 0 spiro atoms. The second-order valence-corrected chi connectivity index (χ2v) is 6.44. The molecule has 0 amide bonds. The van der Waals surface area contributed by atoms with Crippen LogP contribution in [0.5, 0.6) is 0 Å². The second kappa shape index (κ2) is 8.20. The van der Waals surface area contributed by atoms with Crippen molar-refractivity contribution >= 4 is 11.9 Å². The summed E-state index contributed by atoms with van der Waals surface area (Å²) in [5, 5.41) is 14.4. The number of hydrogen-bond acceptors (Lipinski definition) is 3. The Labute approximate surface area is 169 Å². The molecule has 0 saturated carbocycles. The van der Waals surface area contributed by atoms with Gasteiger partial charge in [0, 0.05) is 22.9 Å². The minimum absolute atomic E-state index is 0.0704. The summed E-state index contributed by atoms with van der Waals surface area (Å²) in [6, 6.07) is 30.3. The summed E-state index contributed by atoms with van der Waals surface area (Å²) in [7, 11) is 0. The van der Waals surface area contributed by atoms with Crippen LogP contribution in [0.1, 0.15) is 15.9 Å². The largest absolute Gasteiger partial charge is 0.288 e. The van der Waals surface area contributed by atoms with Crippen molar-refractivity contribution in [2.45, 2.75) is 0 Å². The number of allylic oxidation sites excluding steroid dienone is 1. The molecule has 0 N–H and O–H groups in total. The topological polar surface area (TPSA) is 58.7 Å². The first-order valence-corrected chi connectivity index (χ1v) is 9.18. The highest BCUT2D eigenvalue weighted by atomic mass is 16.1. The van der Waals surface area contributed by atoms with Gasteiger partial charge in [-0.15, -0.1) is 0 Å². The molecule has 1 aromatic heterocycles. The van der Waals surface area contributed by atoms with Crippen LogP contribution in [0.25, 0.3) is 23.0 Å². The maximum Gasteiger partial charge on any atom is 0.203 e. The summed E-state index contributed by atoms with van der Waals surface area (Å²) in [5.41, 5.74) is 3.79. The van der Waals surface area contributed by atoms with Crippen LogP contribution in [0.3, 0.4) is 0 Å². The Bertz CT molecular complexity index is 1200. The van der Waals surface area contributed by atoms with Crippen molar-refractivity contribution in [1.82, 2.24) is 9.78 Å². The van der Waals surface area contributed by atoms with Crippen molar-refractivity contribution in [3.63, 3.8) is 0 Å². The average Bonchev–Trinajstić information content (AvgIpc) is 3.23. The van der Waals surface area contributed by atoms with Crippen LogP contribution < -0.4 is 0 Å². The van der Waals surface area contributed by atoms with Gasteiger partial charge in [-0.1, -0.05) is 78.9 Å². The van der Waals surface area contributed by atoms with Crippen molar-refractivity contribution < 1.29 is 4.79 Å². The first-order valence-electron chi connectivity index (χ1n) is 9.18. The number of ketones is 1. The summed E-state index contributed by atoms with van der Waals surface area (Å²) in [4.78, 5) is 12.8. The van der Waals surface area contributed by atoms with Gasteiger partial charge in [-0.2, -0.15) is 10.4 Å². The standard InChI is InChI=1S/C25H17N3O/c26-17-21(25(29)20-12-6-2-7-13-20)16-22-18-28(23-14-8-3-9-15-23)27-24(22)19-10-4-1-5-11-19/h1-16,18H/b21-16-. The third-order valence-electron chi connectivity index (χ3n) is 4.51. The van der Waals surface area contributed by atoms with E-state index < -0.39 is 0 Å². The van der Waals surface area contributed by atoms with Crippen molar-refractivity contribution in [2.24, 2.45) is 0 Å². The number of nitrogens with zero attached hydrogens (tertiary/aromatic N) is 3. The molecule has 0 radical (unpaired) electrons. The van der Waals surface area contributed by atoms with Crippen LogP contribution in [0.4, 0.5) is 0 Å². The van der Waals surface area contributed by atoms with E-state index in [4.69, 9.17) is 5.10 Å². The zero-order valence-corrected chi connectivity index (χ0v) is 15.6. The Morgan fingerprint density at radius 1 is 0.862 bits per heavy atom. The van der Waals surface area contributed by atoms with Crippen molar-refractivity contribution in [3.05, 3.63) is 114 Å². The molecule has 4 rings (SSSR count). The van der Waals surface area contributed by atoms with E-state index >= 15 is 0 Å². The van der Waals surface area contributed by atoms with E-state index in [2.05, 4.69) is 6.07 Å². The molecule has 4 aromatic rings. The number of nitriles is 1. The first-order chi connectivity index (χ1) is 14.3. The number of Topliss-reactive ketones (excluding diaryl/α,β-unsaturated/α-hetero) is 1. The zero-order chi connectivity index (χ0) is 20.1. The fourth-order valence-electron chi connectivity index (χ4n) is 3.08. The molecule has 1 heterocycles. The van der Waals surface area contributed by atoms with Gasteiger partial charge in [-0.3, -0.25) is 4.79 Å². The van der Waals surface area contributed by atoms with Gasteiger partial charge in [0.25, 0.3) is 0 Å². The highest BCUT2D eigenvalue weighted by Crippen LogP contribution is 2.26. The van der Waals surface area contributed by atoms with Gasteiger partial charge in [-0.25, -0.2) is 4.68 Å². The molecule has 29 heavy (non-hydrogen) atoms. The molecule has 138 valence electrons. The Hall–Kier alpha value is -4.23. The summed E-state index contributed by atoms with van der Waals surface area (Å²) in [6.45, 7) is 0. The number of rotatable bonds is 5. The highest BCUT2D eigenvalue weighted by Gasteiger charge is 2.16. The maximum absolute atomic E-state index is 12.8. The molecule has 0 aliphatic rings. The number of para-hydroxylation sites is 1. The Morgan fingerprint density at radius 3 is 2.07 bits per heavy atom. The minimum Gasteiger partial charge on any atom is -0.288 e. The number of benzene rings is 3. The van der Waals surface area contributed by atoms with Gasteiger partial charge in [0.05, 0.1) is 11.4 Å². The van der Waals surface area contributed by atoms with Crippen LogP contribution >= 0.6 is 0 Å². The van der Waals surface area contributed by atoms with E-state index in [0.717, 1.165) is 11.3 Å². The Balaban J connectivity index is 1.83. The van der Waals surface area contributed by atoms with Gasteiger partial charge in [0.2, 0.25) is 5.78 Å². The Morgan fingerprint density at radius 2 is 1.45 bits per heavy atom. The molecule has 0 aliphatic carbocycles. The van der Waals surface area contributed by atoms with Crippen molar-refractivity contribution in [3.8, 4) is 23.0 Å². The quantitative estimate of drug-likeness (QED) is 0.269. The molecular weight excluding hydrogens is 358 g/mol. The molecule has 0 saturated heterocycles. The molecule has 0 unspecified atom stereocenters. The van der Waals surface area contributed by atoms with E-state index in [0.29, 0.717) is 16.8 Å². The van der Waals surface area contributed by atoms with E-state index in [1.165, 1.54) is 0 Å². The molecule has 4 heteroatoms. The normalized spacial score (nSPS) is 11.1. The van der Waals surface area contributed by atoms with Crippen molar-refractivity contribution in [1.29, 1.82) is 5.26 Å². The Kier molecular flexibility index (Phi) is 5.13. The summed E-state index contributed by atoms with van der Waals surface area (Å²) in [6.07, 6.45) is 3.46. The predicted octanol–water partition coefficient (Wildman–Crippen LogP) is 5.33. The third kappa shape index (κ3) is 3.90. The van der Waals surface area contributed by atoms with Crippen LogP contribution in [-0.4, -0.2) is 15.6 Å². The lowest BCUT2D eigenvalue weighted by Crippen LogP contribution is -2.01. The van der Waals surface area contributed by atoms with Crippen LogP contribution in [-0.2, 0) is 0 Å². The van der Waals surface area contributed by atoms with Crippen LogP contribution in [0, 0.1) is 11.3 Å². The molecular formula is C25H17N3O. The van der Waals surface area contributed by atoms with E-state index in [1.54, 1.807) is 35.0 Å². The monoisotopic (exact) mass is 375 g/mol. The lowest BCUT2D eigenvalue weighted by atomic mass is 10.0. The van der Waals surface area contributed by atoms with Crippen LogP contribution in [0.15, 0.2) is 103 Å². The van der Waals surface area contributed by atoms with Gasteiger partial charge in [0.1, 0.15) is 11.6 Å². The minimum atomic E-state index is -0.306. The van der Waals surface area contributed by atoms with E-state index in [-0.39, 0.29) is 11.4 Å². The van der Waals surface area contributed by atoms with E-state index in [1.807, 2.05) is 72.9 Å². The summed E-state index contributed by atoms with van der Waals surface area (Å²) >= 11 is 0. The van der Waals surface area contributed by atoms with Gasteiger partial charge in [-0.05, 0) is 18.2 Å². The number of hydrogen-bond donors (Lipinski definition) is 0. The molecule has 0 bridgehead atoms. The highest BCUT2D eigenvalue weighted by molar-refractivity contribution is 6.14. The lowest BCUT2D eigenvalue weighted by molar-refractivity contribution is 0.104. The van der Waals surface area contributed by atoms with Gasteiger partial charge in [0.15, 0.2) is 0 Å². The van der Waals surface area contributed by atoms with E-state index in [9.17, 15) is 10.1 Å². The van der Waals surface area contributed by atoms with Gasteiger partial charge >= 0.3 is 0 Å². The third-order valence-corrected chi connectivity index (χ3v) is 4.51. The second-order valence-electron chi connectivity index (χ2n) is 6.44. The average molecular weight is 375 g/mol.